The van der Waals surface area contributed by atoms with Crippen molar-refractivity contribution in [1.82, 2.24) is 10.3 Å². The molecule has 2 aliphatic carbocycles. The van der Waals surface area contributed by atoms with E-state index >= 15 is 0 Å². The van der Waals surface area contributed by atoms with Crippen LogP contribution in [0.1, 0.15) is 44.2 Å². The van der Waals surface area contributed by atoms with Gasteiger partial charge in [-0.2, -0.15) is 0 Å². The highest BCUT2D eigenvalue weighted by molar-refractivity contribution is 5.66. The van der Waals surface area contributed by atoms with Crippen LogP contribution in [-0.2, 0) is 0 Å². The summed E-state index contributed by atoms with van der Waals surface area (Å²) in [7, 11) is 0. The van der Waals surface area contributed by atoms with Gasteiger partial charge in [0.05, 0.1) is 0 Å². The third-order valence-electron chi connectivity index (χ3n) is 4.56. The molecule has 4 heteroatoms. The van der Waals surface area contributed by atoms with E-state index < -0.39 is 6.09 Å². The van der Waals surface area contributed by atoms with Crippen LogP contribution in [0.4, 0.5) is 4.79 Å². The molecule has 1 aromatic heterocycles. The Hall–Kier alpha value is -2.02. The number of rotatable bonds is 1. The summed E-state index contributed by atoms with van der Waals surface area (Å²) in [5.41, 5.74) is 0.511. The molecule has 3 rings (SSSR count). The quantitative estimate of drug-likeness (QED) is 0.771. The van der Waals surface area contributed by atoms with E-state index in [9.17, 15) is 4.79 Å². The van der Waals surface area contributed by atoms with Gasteiger partial charge in [0.2, 0.25) is 0 Å². The predicted molar refractivity (Wildman–Crippen MR) is 75.1 cm³/mol. The van der Waals surface area contributed by atoms with Crippen molar-refractivity contribution in [3.05, 3.63) is 30.1 Å². The molecule has 1 amide bonds. The number of carboxylic acid groups (broad SMARTS) is 1. The molecule has 2 saturated carbocycles. The Balaban J connectivity index is 1.81. The van der Waals surface area contributed by atoms with Gasteiger partial charge in [-0.1, -0.05) is 12.0 Å². The lowest BCUT2D eigenvalue weighted by Crippen LogP contribution is -2.48. The second-order valence-corrected chi connectivity index (χ2v) is 5.99. The second kappa shape index (κ2) is 4.82. The third kappa shape index (κ3) is 2.49. The number of hydrogen-bond acceptors (Lipinski definition) is 2. The lowest BCUT2D eigenvalue weighted by atomic mass is 9.73. The zero-order chi connectivity index (χ0) is 14.1. The molecule has 1 aromatic rings. The maximum atomic E-state index is 11.0. The minimum atomic E-state index is -0.916. The fraction of sp³-hybridized carbons (Fsp3) is 0.500. The van der Waals surface area contributed by atoms with Crippen molar-refractivity contribution in [2.24, 2.45) is 5.41 Å². The van der Waals surface area contributed by atoms with E-state index in [1.165, 1.54) is 0 Å². The smallest absolute Gasteiger partial charge is 0.405 e. The Morgan fingerprint density at radius 1 is 1.30 bits per heavy atom. The van der Waals surface area contributed by atoms with Gasteiger partial charge in [-0.3, -0.25) is 0 Å². The molecule has 0 saturated heterocycles. The van der Waals surface area contributed by atoms with Crippen molar-refractivity contribution in [1.29, 1.82) is 0 Å². The van der Waals surface area contributed by atoms with Gasteiger partial charge in [-0.05, 0) is 56.6 Å². The molecule has 2 N–H and O–H groups in total. The van der Waals surface area contributed by atoms with E-state index in [1.54, 1.807) is 6.20 Å². The van der Waals surface area contributed by atoms with Crippen LogP contribution in [0.25, 0.3) is 0 Å². The highest BCUT2D eigenvalue weighted by atomic mass is 16.4. The molecule has 2 unspecified atom stereocenters. The van der Waals surface area contributed by atoms with Crippen molar-refractivity contribution in [2.75, 3.05) is 0 Å². The third-order valence-corrected chi connectivity index (χ3v) is 4.56. The molecular formula is C16H18N2O2. The molecule has 1 heterocycles. The van der Waals surface area contributed by atoms with Crippen molar-refractivity contribution in [3.8, 4) is 11.8 Å². The van der Waals surface area contributed by atoms with Crippen LogP contribution >= 0.6 is 0 Å². The van der Waals surface area contributed by atoms with Crippen molar-refractivity contribution in [2.45, 2.75) is 44.1 Å². The first kappa shape index (κ1) is 13.0. The minimum Gasteiger partial charge on any atom is -0.465 e. The van der Waals surface area contributed by atoms with Crippen LogP contribution < -0.4 is 5.32 Å². The maximum Gasteiger partial charge on any atom is 0.405 e. The minimum absolute atomic E-state index is 0.0295. The number of nitrogens with one attached hydrogen (secondary N) is 1. The highest BCUT2D eigenvalue weighted by Gasteiger charge is 2.51. The normalized spacial score (nSPS) is 31.2. The molecule has 2 atom stereocenters. The van der Waals surface area contributed by atoms with Gasteiger partial charge in [-0.25, -0.2) is 9.78 Å². The number of carbonyl (C=O) groups is 1. The second-order valence-electron chi connectivity index (χ2n) is 5.99. The number of nitrogens with zero attached hydrogens (tertiary/aromatic N) is 1. The summed E-state index contributed by atoms with van der Waals surface area (Å²) in [4.78, 5) is 15.2. The number of fused-ring (bicyclic) bond motifs is 2. The molecule has 2 fully saturated rings. The van der Waals surface area contributed by atoms with Crippen molar-refractivity contribution >= 4 is 6.09 Å². The van der Waals surface area contributed by atoms with Gasteiger partial charge < -0.3 is 10.4 Å². The topological polar surface area (TPSA) is 62.2 Å². The molecule has 0 aromatic carbocycles. The zero-order valence-corrected chi connectivity index (χ0v) is 11.4. The Bertz CT molecular complexity index is 575. The maximum absolute atomic E-state index is 11.0. The number of pyridine rings is 1. The van der Waals surface area contributed by atoms with E-state index in [-0.39, 0.29) is 11.0 Å². The number of amides is 1. The van der Waals surface area contributed by atoms with Crippen LogP contribution in [0, 0.1) is 17.3 Å². The van der Waals surface area contributed by atoms with Crippen LogP contribution in [0.5, 0.6) is 0 Å². The SMILES string of the molecule is O=C(O)NC12CCCC(C#Cc3ccccn3)(CC1)C2. The Morgan fingerprint density at radius 3 is 2.95 bits per heavy atom. The van der Waals surface area contributed by atoms with Gasteiger partial charge >= 0.3 is 6.09 Å². The molecule has 0 spiro atoms. The molecular weight excluding hydrogens is 252 g/mol. The van der Waals surface area contributed by atoms with Crippen LogP contribution in [0.3, 0.4) is 0 Å². The molecule has 104 valence electrons. The lowest BCUT2D eigenvalue weighted by molar-refractivity contribution is 0.161. The summed E-state index contributed by atoms with van der Waals surface area (Å²) in [6, 6.07) is 5.71. The van der Waals surface area contributed by atoms with Gasteiger partial charge in [-0.15, -0.1) is 0 Å². The lowest BCUT2D eigenvalue weighted by Gasteiger charge is -2.36. The van der Waals surface area contributed by atoms with E-state index in [0.29, 0.717) is 0 Å². The summed E-state index contributed by atoms with van der Waals surface area (Å²) in [5, 5.41) is 11.8. The fourth-order valence-corrected chi connectivity index (χ4v) is 3.69. The van der Waals surface area contributed by atoms with Crippen LogP contribution in [0.15, 0.2) is 24.4 Å². The van der Waals surface area contributed by atoms with Gasteiger partial charge in [0, 0.05) is 17.2 Å². The first-order valence-electron chi connectivity index (χ1n) is 7.07. The summed E-state index contributed by atoms with van der Waals surface area (Å²) >= 11 is 0. The molecule has 4 nitrogen and oxygen atoms in total. The summed E-state index contributed by atoms with van der Waals surface area (Å²) < 4.78 is 0. The monoisotopic (exact) mass is 270 g/mol. The summed E-state index contributed by atoms with van der Waals surface area (Å²) in [6.45, 7) is 0. The van der Waals surface area contributed by atoms with Gasteiger partial charge in [0.15, 0.2) is 0 Å². The van der Waals surface area contributed by atoms with E-state index in [0.717, 1.165) is 44.2 Å². The van der Waals surface area contributed by atoms with Gasteiger partial charge in [0.25, 0.3) is 0 Å². The van der Waals surface area contributed by atoms with E-state index in [2.05, 4.69) is 22.1 Å². The first-order chi connectivity index (χ1) is 9.62. The molecule has 2 aliphatic rings. The first-order valence-corrected chi connectivity index (χ1v) is 7.07. The van der Waals surface area contributed by atoms with Crippen LogP contribution in [0.2, 0.25) is 0 Å². The molecule has 0 aliphatic heterocycles. The van der Waals surface area contributed by atoms with Crippen molar-refractivity contribution in [3.63, 3.8) is 0 Å². The van der Waals surface area contributed by atoms with E-state index in [1.807, 2.05) is 18.2 Å². The average Bonchev–Trinajstić information content (AvgIpc) is 2.69. The zero-order valence-electron chi connectivity index (χ0n) is 11.4. The summed E-state index contributed by atoms with van der Waals surface area (Å²) in [5.74, 6) is 6.56. The largest absolute Gasteiger partial charge is 0.465 e. The molecule has 0 radical (unpaired) electrons. The number of hydrogen-bond donors (Lipinski definition) is 2. The fourth-order valence-electron chi connectivity index (χ4n) is 3.69. The molecule has 20 heavy (non-hydrogen) atoms. The number of aromatic nitrogens is 1. The molecule has 2 bridgehead atoms. The van der Waals surface area contributed by atoms with Crippen molar-refractivity contribution < 1.29 is 9.90 Å². The standard InChI is InChI=1S/C16H18N2O2/c19-14(20)18-16-7-3-6-15(12-16,9-10-16)8-5-13-4-1-2-11-17-13/h1-2,4,11,18H,3,6-7,9-10,12H2,(H,19,20). The predicted octanol–water partition coefficient (Wildman–Crippen LogP) is 2.79. The Labute approximate surface area is 118 Å². The Morgan fingerprint density at radius 2 is 2.20 bits per heavy atom. The Kier molecular flexibility index (Phi) is 3.13. The summed E-state index contributed by atoms with van der Waals surface area (Å²) in [6.07, 6.45) is 6.59. The highest BCUT2D eigenvalue weighted by Crippen LogP contribution is 2.53. The van der Waals surface area contributed by atoms with Crippen LogP contribution in [-0.4, -0.2) is 21.7 Å². The van der Waals surface area contributed by atoms with Gasteiger partial charge in [0.1, 0.15) is 5.69 Å². The van der Waals surface area contributed by atoms with E-state index in [4.69, 9.17) is 5.11 Å². The average molecular weight is 270 g/mol.